The van der Waals surface area contributed by atoms with Crippen molar-refractivity contribution in [3.63, 3.8) is 0 Å². The highest BCUT2D eigenvalue weighted by atomic mass is 35.5. The number of hydrogen-bond donors (Lipinski definition) is 2. The number of thiazole rings is 1. The van der Waals surface area contributed by atoms with Gasteiger partial charge in [-0.25, -0.2) is 0 Å². The monoisotopic (exact) mass is 291 g/mol. The van der Waals surface area contributed by atoms with Crippen molar-refractivity contribution < 1.29 is 5.11 Å². The Morgan fingerprint density at radius 2 is 1.79 bits per heavy atom. The van der Waals surface area contributed by atoms with E-state index in [1.807, 2.05) is 18.2 Å². The number of aromatic nitrogens is 1. The van der Waals surface area contributed by atoms with Crippen molar-refractivity contribution in [2.24, 2.45) is 0 Å². The van der Waals surface area contributed by atoms with Crippen LogP contribution in [0.15, 0.2) is 47.3 Å². The largest absolute Gasteiger partial charge is 0.384 e. The Morgan fingerprint density at radius 1 is 1.11 bits per heavy atom. The van der Waals surface area contributed by atoms with E-state index in [9.17, 15) is 9.90 Å². The molecule has 0 aliphatic rings. The predicted molar refractivity (Wildman–Crippen MR) is 78.0 cm³/mol. The zero-order valence-electron chi connectivity index (χ0n) is 9.76. The van der Waals surface area contributed by atoms with Crippen LogP contribution in [0.4, 0.5) is 0 Å². The van der Waals surface area contributed by atoms with E-state index in [0.29, 0.717) is 5.02 Å². The van der Waals surface area contributed by atoms with Gasteiger partial charge < -0.3 is 10.1 Å². The van der Waals surface area contributed by atoms with Gasteiger partial charge in [0.25, 0.3) is 0 Å². The summed E-state index contributed by atoms with van der Waals surface area (Å²) in [6, 6.07) is 12.5. The normalized spacial score (nSPS) is 12.7. The zero-order chi connectivity index (χ0) is 13.4. The molecule has 19 heavy (non-hydrogen) atoms. The van der Waals surface area contributed by atoms with Gasteiger partial charge in [-0.15, -0.1) is 0 Å². The Balaban J connectivity index is 2.03. The second-order valence-corrected chi connectivity index (χ2v) is 5.68. The molecule has 3 aromatic rings. The van der Waals surface area contributed by atoms with Crippen molar-refractivity contribution in [1.82, 2.24) is 4.98 Å². The van der Waals surface area contributed by atoms with Gasteiger partial charge in [0.1, 0.15) is 6.10 Å². The molecule has 2 aromatic carbocycles. The third-order valence-corrected chi connectivity index (χ3v) is 4.04. The van der Waals surface area contributed by atoms with Crippen LogP contribution in [0.3, 0.4) is 0 Å². The van der Waals surface area contributed by atoms with E-state index in [1.165, 1.54) is 0 Å². The molecule has 3 rings (SSSR count). The van der Waals surface area contributed by atoms with Crippen LogP contribution in [0.1, 0.15) is 17.2 Å². The maximum atomic E-state index is 11.3. The van der Waals surface area contributed by atoms with E-state index in [-0.39, 0.29) is 4.87 Å². The van der Waals surface area contributed by atoms with E-state index in [2.05, 4.69) is 4.98 Å². The molecule has 0 saturated carbocycles. The van der Waals surface area contributed by atoms with Crippen molar-refractivity contribution in [3.8, 4) is 0 Å². The zero-order valence-corrected chi connectivity index (χ0v) is 11.3. The molecule has 0 spiro atoms. The molecule has 3 nitrogen and oxygen atoms in total. The number of aliphatic hydroxyl groups excluding tert-OH is 1. The Labute approximate surface area is 118 Å². The minimum Gasteiger partial charge on any atom is -0.384 e. The summed E-state index contributed by atoms with van der Waals surface area (Å²) in [5.74, 6) is 0. The minimum absolute atomic E-state index is 0.0897. The van der Waals surface area contributed by atoms with Crippen LogP contribution < -0.4 is 4.87 Å². The molecule has 1 aromatic heterocycles. The molecule has 0 bridgehead atoms. The molecule has 96 valence electrons. The van der Waals surface area contributed by atoms with Crippen molar-refractivity contribution in [2.75, 3.05) is 0 Å². The van der Waals surface area contributed by atoms with Crippen molar-refractivity contribution >= 4 is 33.2 Å². The fraction of sp³-hybridized carbons (Fsp3) is 0.0714. The Bertz CT molecular complexity index is 776. The fourth-order valence-electron chi connectivity index (χ4n) is 1.97. The van der Waals surface area contributed by atoms with Gasteiger partial charge in [-0.05, 0) is 35.4 Å². The van der Waals surface area contributed by atoms with E-state index in [1.54, 1.807) is 24.3 Å². The molecule has 0 aliphatic heterocycles. The van der Waals surface area contributed by atoms with Crippen LogP contribution in [-0.4, -0.2) is 10.1 Å². The smallest absolute Gasteiger partial charge is 0.305 e. The van der Waals surface area contributed by atoms with E-state index in [0.717, 1.165) is 32.7 Å². The number of benzene rings is 2. The molecule has 1 heterocycles. The molecule has 1 atom stereocenters. The third-order valence-electron chi connectivity index (χ3n) is 2.95. The highest BCUT2D eigenvalue weighted by Crippen LogP contribution is 2.26. The lowest BCUT2D eigenvalue weighted by Crippen LogP contribution is -1.98. The number of rotatable bonds is 2. The Morgan fingerprint density at radius 3 is 2.53 bits per heavy atom. The maximum Gasteiger partial charge on any atom is 0.305 e. The molecular formula is C14H10ClNO2S. The van der Waals surface area contributed by atoms with Crippen LogP contribution in [0.2, 0.25) is 5.02 Å². The third kappa shape index (κ3) is 2.42. The summed E-state index contributed by atoms with van der Waals surface area (Å²) in [4.78, 5) is 13.9. The van der Waals surface area contributed by atoms with Gasteiger partial charge in [0.2, 0.25) is 0 Å². The second-order valence-electron chi connectivity index (χ2n) is 4.22. The summed E-state index contributed by atoms with van der Waals surface area (Å²) in [6.07, 6.45) is -0.723. The standard InChI is InChI=1S/C14H10ClNO2S/c15-10-4-1-8(2-5-10)13(17)9-3-6-11-12(7-9)19-14(18)16-11/h1-7,13,17H,(H,16,18). The molecule has 2 N–H and O–H groups in total. The first-order valence-electron chi connectivity index (χ1n) is 5.70. The topological polar surface area (TPSA) is 53.1 Å². The average Bonchev–Trinajstić information content (AvgIpc) is 2.77. The quantitative estimate of drug-likeness (QED) is 0.761. The molecule has 0 amide bonds. The number of nitrogens with one attached hydrogen (secondary N) is 1. The summed E-state index contributed by atoms with van der Waals surface area (Å²) < 4.78 is 0.843. The number of aliphatic hydroxyl groups is 1. The Kier molecular flexibility index (Phi) is 3.14. The highest BCUT2D eigenvalue weighted by molar-refractivity contribution is 7.16. The van der Waals surface area contributed by atoms with Crippen molar-refractivity contribution in [1.29, 1.82) is 0 Å². The molecule has 0 saturated heterocycles. The molecule has 0 aliphatic carbocycles. The van der Waals surface area contributed by atoms with Gasteiger partial charge in [-0.3, -0.25) is 4.79 Å². The first-order chi connectivity index (χ1) is 9.13. The van der Waals surface area contributed by atoms with Crippen LogP contribution in [0.5, 0.6) is 0 Å². The first-order valence-corrected chi connectivity index (χ1v) is 6.89. The Hall–Kier alpha value is -1.62. The van der Waals surface area contributed by atoms with E-state index < -0.39 is 6.10 Å². The van der Waals surface area contributed by atoms with Gasteiger partial charge in [0.15, 0.2) is 0 Å². The van der Waals surface area contributed by atoms with Crippen LogP contribution in [0.25, 0.3) is 10.2 Å². The predicted octanol–water partition coefficient (Wildman–Crippen LogP) is 3.32. The van der Waals surface area contributed by atoms with Gasteiger partial charge in [0.05, 0.1) is 10.2 Å². The molecule has 0 radical (unpaired) electrons. The van der Waals surface area contributed by atoms with E-state index in [4.69, 9.17) is 11.6 Å². The second kappa shape index (κ2) is 4.81. The lowest BCUT2D eigenvalue weighted by Gasteiger charge is -2.11. The summed E-state index contributed by atoms with van der Waals surface area (Å²) in [5, 5.41) is 11.0. The SMILES string of the molecule is O=c1[nH]c2ccc(C(O)c3ccc(Cl)cc3)cc2s1. The average molecular weight is 292 g/mol. The maximum absolute atomic E-state index is 11.3. The first kappa shape index (κ1) is 12.4. The van der Waals surface area contributed by atoms with Gasteiger partial charge in [-0.1, -0.05) is 41.1 Å². The molecule has 1 unspecified atom stereocenters. The van der Waals surface area contributed by atoms with E-state index >= 15 is 0 Å². The number of halogens is 1. The van der Waals surface area contributed by atoms with Crippen LogP contribution >= 0.6 is 22.9 Å². The van der Waals surface area contributed by atoms with Gasteiger partial charge in [0, 0.05) is 5.02 Å². The molecular weight excluding hydrogens is 282 g/mol. The lowest BCUT2D eigenvalue weighted by molar-refractivity contribution is 0.220. The number of H-pyrrole nitrogens is 1. The van der Waals surface area contributed by atoms with Crippen LogP contribution in [-0.2, 0) is 0 Å². The van der Waals surface area contributed by atoms with Gasteiger partial charge >= 0.3 is 4.87 Å². The summed E-state index contributed by atoms with van der Waals surface area (Å²) in [6.45, 7) is 0. The van der Waals surface area contributed by atoms with Crippen molar-refractivity contribution in [3.05, 3.63) is 68.3 Å². The number of hydrogen-bond acceptors (Lipinski definition) is 3. The molecule has 5 heteroatoms. The fourth-order valence-corrected chi connectivity index (χ4v) is 2.88. The van der Waals surface area contributed by atoms with Gasteiger partial charge in [-0.2, -0.15) is 0 Å². The number of aromatic amines is 1. The molecule has 0 fully saturated rings. The van der Waals surface area contributed by atoms with Crippen molar-refractivity contribution in [2.45, 2.75) is 6.10 Å². The highest BCUT2D eigenvalue weighted by Gasteiger charge is 2.11. The number of fused-ring (bicyclic) bond motifs is 1. The summed E-state index contributed by atoms with van der Waals surface area (Å²) in [5.41, 5.74) is 2.32. The van der Waals surface area contributed by atoms with Crippen LogP contribution in [0, 0.1) is 0 Å². The summed E-state index contributed by atoms with van der Waals surface area (Å²) in [7, 11) is 0. The summed E-state index contributed by atoms with van der Waals surface area (Å²) >= 11 is 6.96. The minimum atomic E-state index is -0.723. The lowest BCUT2D eigenvalue weighted by atomic mass is 10.0.